The van der Waals surface area contributed by atoms with Crippen molar-refractivity contribution in [2.45, 2.75) is 45.1 Å². The standard InChI is InChI=1S/C16H26F3N3O2/c1-4-14(12(2)7-10-24-16(17,18)19)21-15(23)20-13(3)11-22-8-5-6-9-22/h4,7,10,12-14H,1,5-6,8-9,11H2,2-3H3,(H2,20,21,23)/b10-7+. The molecule has 1 saturated heterocycles. The zero-order valence-corrected chi connectivity index (χ0v) is 14.1. The molecule has 1 aliphatic heterocycles. The molecule has 0 aromatic rings. The minimum absolute atomic E-state index is 0.0204. The summed E-state index contributed by atoms with van der Waals surface area (Å²) in [4.78, 5) is 14.3. The fraction of sp³-hybridized carbons (Fsp3) is 0.688. The van der Waals surface area contributed by atoms with Gasteiger partial charge in [0.1, 0.15) is 0 Å². The summed E-state index contributed by atoms with van der Waals surface area (Å²) in [6.07, 6.45) is 0.941. The van der Waals surface area contributed by atoms with Crippen LogP contribution in [-0.4, -0.2) is 49.0 Å². The number of hydrogen-bond donors (Lipinski definition) is 2. The van der Waals surface area contributed by atoms with Crippen molar-refractivity contribution < 1.29 is 22.7 Å². The predicted molar refractivity (Wildman–Crippen MR) is 86.2 cm³/mol. The number of ether oxygens (including phenoxy) is 1. The topological polar surface area (TPSA) is 53.6 Å². The van der Waals surface area contributed by atoms with Crippen molar-refractivity contribution in [1.82, 2.24) is 15.5 Å². The van der Waals surface area contributed by atoms with Gasteiger partial charge in [-0.1, -0.05) is 13.0 Å². The first-order chi connectivity index (χ1) is 11.2. The van der Waals surface area contributed by atoms with Crippen LogP contribution in [0.25, 0.3) is 0 Å². The van der Waals surface area contributed by atoms with E-state index in [0.29, 0.717) is 6.26 Å². The molecule has 0 aromatic heterocycles. The molecule has 0 spiro atoms. The van der Waals surface area contributed by atoms with E-state index in [1.54, 1.807) is 6.92 Å². The Balaban J connectivity index is 2.39. The quantitative estimate of drug-likeness (QED) is 0.523. The monoisotopic (exact) mass is 349 g/mol. The zero-order valence-electron chi connectivity index (χ0n) is 14.1. The third-order valence-corrected chi connectivity index (χ3v) is 3.81. The highest BCUT2D eigenvalue weighted by atomic mass is 19.4. The fourth-order valence-corrected chi connectivity index (χ4v) is 2.58. The largest absolute Gasteiger partial charge is 0.572 e. The summed E-state index contributed by atoms with van der Waals surface area (Å²) in [5.41, 5.74) is 0. The smallest absolute Gasteiger partial charge is 0.414 e. The van der Waals surface area contributed by atoms with Gasteiger partial charge < -0.3 is 20.3 Å². The van der Waals surface area contributed by atoms with Gasteiger partial charge in [-0.3, -0.25) is 0 Å². The summed E-state index contributed by atoms with van der Waals surface area (Å²) in [7, 11) is 0. The average molecular weight is 349 g/mol. The van der Waals surface area contributed by atoms with E-state index < -0.39 is 18.3 Å². The number of nitrogens with zero attached hydrogens (tertiary/aromatic N) is 1. The van der Waals surface area contributed by atoms with Gasteiger partial charge in [0.25, 0.3) is 0 Å². The van der Waals surface area contributed by atoms with Crippen LogP contribution in [0.5, 0.6) is 0 Å². The number of likely N-dealkylation sites (tertiary alicyclic amines) is 1. The van der Waals surface area contributed by atoms with E-state index in [4.69, 9.17) is 0 Å². The Kier molecular flexibility index (Phi) is 8.10. The van der Waals surface area contributed by atoms with E-state index in [-0.39, 0.29) is 12.1 Å². The van der Waals surface area contributed by atoms with Crippen molar-refractivity contribution in [1.29, 1.82) is 0 Å². The minimum Gasteiger partial charge on any atom is -0.414 e. The van der Waals surface area contributed by atoms with Gasteiger partial charge in [-0.15, -0.1) is 19.8 Å². The molecule has 0 radical (unpaired) electrons. The predicted octanol–water partition coefficient (Wildman–Crippen LogP) is 3.01. The van der Waals surface area contributed by atoms with Crippen LogP contribution in [0.1, 0.15) is 26.7 Å². The highest BCUT2D eigenvalue weighted by Crippen LogP contribution is 2.17. The molecule has 3 atom stereocenters. The molecule has 1 fully saturated rings. The van der Waals surface area contributed by atoms with Crippen LogP contribution in [-0.2, 0) is 4.74 Å². The van der Waals surface area contributed by atoms with E-state index in [9.17, 15) is 18.0 Å². The number of carbonyl (C=O) groups is 1. The van der Waals surface area contributed by atoms with Gasteiger partial charge in [-0.2, -0.15) is 0 Å². The maximum Gasteiger partial charge on any atom is 0.572 e. The molecule has 8 heteroatoms. The second kappa shape index (κ2) is 9.56. The van der Waals surface area contributed by atoms with Gasteiger partial charge in [0.2, 0.25) is 0 Å². The Morgan fingerprint density at radius 3 is 2.46 bits per heavy atom. The van der Waals surface area contributed by atoms with E-state index >= 15 is 0 Å². The molecule has 1 rings (SSSR count). The number of urea groups is 1. The Morgan fingerprint density at radius 1 is 1.29 bits per heavy atom. The maximum atomic E-state index is 12.0. The first-order valence-electron chi connectivity index (χ1n) is 8.04. The molecule has 0 saturated carbocycles. The first-order valence-corrected chi connectivity index (χ1v) is 8.04. The fourth-order valence-electron chi connectivity index (χ4n) is 2.58. The third kappa shape index (κ3) is 8.24. The van der Waals surface area contributed by atoms with Gasteiger partial charge >= 0.3 is 12.4 Å². The molecule has 2 amide bonds. The van der Waals surface area contributed by atoms with Gasteiger partial charge in [0, 0.05) is 18.5 Å². The second-order valence-electron chi connectivity index (χ2n) is 6.04. The minimum atomic E-state index is -4.71. The molecular weight excluding hydrogens is 323 g/mol. The number of halogens is 3. The number of nitrogens with one attached hydrogen (secondary N) is 2. The van der Waals surface area contributed by atoms with Gasteiger partial charge in [0.15, 0.2) is 0 Å². The summed E-state index contributed by atoms with van der Waals surface area (Å²) in [6, 6.07) is -0.895. The lowest BCUT2D eigenvalue weighted by Crippen LogP contribution is -2.49. The number of carbonyl (C=O) groups excluding carboxylic acids is 1. The molecule has 5 nitrogen and oxygen atoms in total. The molecular formula is C16H26F3N3O2. The lowest BCUT2D eigenvalue weighted by molar-refractivity contribution is -0.298. The summed E-state index contributed by atoms with van der Waals surface area (Å²) >= 11 is 0. The second-order valence-corrected chi connectivity index (χ2v) is 6.04. The molecule has 1 aliphatic rings. The highest BCUT2D eigenvalue weighted by Gasteiger charge is 2.29. The van der Waals surface area contributed by atoms with E-state index in [1.165, 1.54) is 25.0 Å². The van der Waals surface area contributed by atoms with Gasteiger partial charge in [-0.05, 0) is 38.9 Å². The van der Waals surface area contributed by atoms with Crippen molar-refractivity contribution in [3.8, 4) is 0 Å². The molecule has 2 N–H and O–H groups in total. The van der Waals surface area contributed by atoms with Crippen molar-refractivity contribution in [2.75, 3.05) is 19.6 Å². The molecule has 1 heterocycles. The van der Waals surface area contributed by atoms with Crippen molar-refractivity contribution >= 4 is 6.03 Å². The van der Waals surface area contributed by atoms with E-state index in [0.717, 1.165) is 19.6 Å². The molecule has 0 bridgehead atoms. The lowest BCUT2D eigenvalue weighted by atomic mass is 10.0. The average Bonchev–Trinajstić information content (AvgIpc) is 2.95. The first kappa shape index (κ1) is 20.3. The summed E-state index contributed by atoms with van der Waals surface area (Å²) < 4.78 is 39.4. The van der Waals surface area contributed by atoms with Crippen LogP contribution >= 0.6 is 0 Å². The Labute approximate surface area is 140 Å². The van der Waals surface area contributed by atoms with Crippen LogP contribution in [0.4, 0.5) is 18.0 Å². The van der Waals surface area contributed by atoms with Crippen molar-refractivity contribution in [3.63, 3.8) is 0 Å². The van der Waals surface area contributed by atoms with E-state index in [1.807, 2.05) is 6.92 Å². The molecule has 24 heavy (non-hydrogen) atoms. The van der Waals surface area contributed by atoms with Crippen molar-refractivity contribution in [2.24, 2.45) is 5.92 Å². The zero-order chi connectivity index (χ0) is 18.2. The molecule has 138 valence electrons. The highest BCUT2D eigenvalue weighted by molar-refractivity contribution is 5.74. The maximum absolute atomic E-state index is 12.0. The van der Waals surface area contributed by atoms with E-state index in [2.05, 4.69) is 26.8 Å². The van der Waals surface area contributed by atoms with Crippen LogP contribution in [0.2, 0.25) is 0 Å². The number of rotatable bonds is 8. The van der Waals surface area contributed by atoms with Crippen molar-refractivity contribution in [3.05, 3.63) is 25.0 Å². The third-order valence-electron chi connectivity index (χ3n) is 3.81. The number of hydrogen-bond acceptors (Lipinski definition) is 3. The summed E-state index contributed by atoms with van der Waals surface area (Å²) in [6.45, 7) is 10.1. The number of amides is 2. The van der Waals surface area contributed by atoms with Crippen LogP contribution < -0.4 is 10.6 Å². The Hall–Kier alpha value is -1.70. The molecule has 0 aliphatic carbocycles. The number of alkyl halides is 3. The SMILES string of the molecule is C=CC(NC(=O)NC(C)CN1CCCC1)C(C)/C=C/OC(F)(F)F. The normalized spacial score (nSPS) is 19.7. The van der Waals surface area contributed by atoms with Crippen LogP contribution in [0.3, 0.4) is 0 Å². The summed E-state index contributed by atoms with van der Waals surface area (Å²) in [5.74, 6) is -0.399. The lowest BCUT2D eigenvalue weighted by Gasteiger charge is -2.24. The molecule has 0 aromatic carbocycles. The Bertz CT molecular complexity index is 435. The van der Waals surface area contributed by atoms with Crippen LogP contribution in [0, 0.1) is 5.92 Å². The molecule has 3 unspecified atom stereocenters. The van der Waals surface area contributed by atoms with Gasteiger partial charge in [0.05, 0.1) is 12.3 Å². The summed E-state index contributed by atoms with van der Waals surface area (Å²) in [5, 5.41) is 5.53. The van der Waals surface area contributed by atoms with Crippen LogP contribution in [0.15, 0.2) is 25.0 Å². The Morgan fingerprint density at radius 2 is 1.92 bits per heavy atom. The van der Waals surface area contributed by atoms with Gasteiger partial charge in [-0.25, -0.2) is 4.79 Å².